The molecule has 4 aromatic carbocycles. The van der Waals surface area contributed by atoms with E-state index in [-0.39, 0.29) is 41.7 Å². The molecule has 48 heavy (non-hydrogen) atoms. The summed E-state index contributed by atoms with van der Waals surface area (Å²) in [5, 5.41) is 3.46. The van der Waals surface area contributed by atoms with Crippen molar-refractivity contribution in [2.75, 3.05) is 11.3 Å². The Kier molecular flexibility index (Phi) is 11.4. The van der Waals surface area contributed by atoms with E-state index in [1.807, 2.05) is 36.4 Å². The lowest BCUT2D eigenvalue weighted by Gasteiger charge is -2.31. The fraction of sp³-hybridized carbons (Fsp3) is 0.139. The molecule has 0 spiro atoms. The molecular weight excluding hydrogens is 655 g/mol. The molecule has 0 aliphatic carbocycles. The molecule has 0 aliphatic heterocycles. The lowest BCUT2D eigenvalue weighted by molar-refractivity contribution is -0.142. The Morgan fingerprint density at radius 1 is 0.833 bits per heavy atom. The van der Waals surface area contributed by atoms with Crippen LogP contribution >= 0.6 is 11.6 Å². The summed E-state index contributed by atoms with van der Waals surface area (Å²) < 4.78 is 47.1. The highest BCUT2D eigenvalue weighted by Gasteiger charge is 2.31. The van der Waals surface area contributed by atoms with Crippen LogP contribution in [0.2, 0.25) is 5.02 Å². The van der Waals surface area contributed by atoms with Gasteiger partial charge in [-0.25, -0.2) is 12.8 Å². The molecule has 12 heteroatoms. The topological polar surface area (TPSA) is 118 Å². The Balaban J connectivity index is 1.34. The van der Waals surface area contributed by atoms with Crippen LogP contribution in [-0.4, -0.2) is 42.8 Å². The van der Waals surface area contributed by atoms with E-state index in [0.29, 0.717) is 10.7 Å². The van der Waals surface area contributed by atoms with Gasteiger partial charge in [0.1, 0.15) is 17.6 Å². The van der Waals surface area contributed by atoms with E-state index >= 15 is 0 Å². The minimum absolute atomic E-state index is 0.0534. The van der Waals surface area contributed by atoms with Gasteiger partial charge in [-0.1, -0.05) is 60.1 Å². The second-order valence-corrected chi connectivity index (χ2v) is 12.9. The van der Waals surface area contributed by atoms with Crippen LogP contribution in [0, 0.1) is 5.82 Å². The predicted octanol–water partition coefficient (Wildman–Crippen LogP) is 6.01. The molecule has 246 valence electrons. The third kappa shape index (κ3) is 9.63. The van der Waals surface area contributed by atoms with Gasteiger partial charge in [0.2, 0.25) is 5.91 Å². The first kappa shape index (κ1) is 34.1. The molecule has 0 radical (unpaired) electrons. The van der Waals surface area contributed by atoms with Crippen LogP contribution in [0.5, 0.6) is 5.75 Å². The van der Waals surface area contributed by atoms with Crippen LogP contribution in [0.15, 0.2) is 132 Å². The number of benzene rings is 4. The van der Waals surface area contributed by atoms with Crippen LogP contribution in [-0.2, 0) is 39.1 Å². The predicted molar refractivity (Wildman–Crippen MR) is 181 cm³/mol. The average Bonchev–Trinajstić information content (AvgIpc) is 3.10. The van der Waals surface area contributed by atoms with Gasteiger partial charge in [-0.2, -0.15) is 0 Å². The molecule has 2 N–H and O–H groups in total. The number of sulfonamides is 1. The summed E-state index contributed by atoms with van der Waals surface area (Å²) in [7, 11) is -3.96. The first-order valence-corrected chi connectivity index (χ1v) is 16.8. The van der Waals surface area contributed by atoms with Crippen LogP contribution in [0.3, 0.4) is 0 Å². The third-order valence-corrected chi connectivity index (χ3v) is 8.95. The number of nitrogens with zero attached hydrogens (tertiary/aromatic N) is 2. The molecule has 5 rings (SSSR count). The molecule has 1 atom stereocenters. The fourth-order valence-electron chi connectivity index (χ4n) is 4.81. The minimum Gasteiger partial charge on any atom is -0.484 e. The number of amides is 2. The van der Waals surface area contributed by atoms with Gasteiger partial charge >= 0.3 is 0 Å². The minimum atomic E-state index is -3.96. The van der Waals surface area contributed by atoms with Crippen LogP contribution in [0.4, 0.5) is 10.1 Å². The van der Waals surface area contributed by atoms with Gasteiger partial charge in [0.05, 0.1) is 17.1 Å². The first-order valence-electron chi connectivity index (χ1n) is 14.9. The smallest absolute Gasteiger partial charge is 0.261 e. The van der Waals surface area contributed by atoms with E-state index in [9.17, 15) is 22.4 Å². The van der Waals surface area contributed by atoms with Crippen molar-refractivity contribution in [1.29, 1.82) is 0 Å². The third-order valence-electron chi connectivity index (χ3n) is 7.30. The summed E-state index contributed by atoms with van der Waals surface area (Å²) in [6, 6.07) is 31.3. The number of rotatable bonds is 14. The zero-order valence-corrected chi connectivity index (χ0v) is 27.2. The summed E-state index contributed by atoms with van der Waals surface area (Å²) in [6.45, 7) is -0.151. The molecular formula is C36H32ClFN4O5S. The Hall–Kier alpha value is -5.26. The zero-order chi connectivity index (χ0) is 33.9. The number of nitrogens with one attached hydrogen (secondary N) is 2. The lowest BCUT2D eigenvalue weighted by atomic mass is 10.0. The summed E-state index contributed by atoms with van der Waals surface area (Å²) in [5.74, 6) is -1.07. The number of carbonyl (C=O) groups excluding carboxylic acids is 2. The molecule has 9 nitrogen and oxygen atoms in total. The van der Waals surface area contributed by atoms with E-state index in [0.717, 1.165) is 23.3 Å². The van der Waals surface area contributed by atoms with Crippen molar-refractivity contribution in [1.82, 2.24) is 15.2 Å². The van der Waals surface area contributed by atoms with E-state index in [2.05, 4.69) is 15.0 Å². The Morgan fingerprint density at radius 2 is 1.52 bits per heavy atom. The zero-order valence-electron chi connectivity index (χ0n) is 25.6. The van der Waals surface area contributed by atoms with Crippen molar-refractivity contribution in [3.05, 3.63) is 155 Å². The number of aromatic nitrogens is 1. The first-order chi connectivity index (χ1) is 23.2. The lowest BCUT2D eigenvalue weighted by Crippen LogP contribution is -2.51. The summed E-state index contributed by atoms with van der Waals surface area (Å²) in [5.41, 5.74) is 2.49. The Morgan fingerprint density at radius 3 is 2.19 bits per heavy atom. The number of anilines is 1. The monoisotopic (exact) mass is 686 g/mol. The molecule has 0 bridgehead atoms. The van der Waals surface area contributed by atoms with Crippen molar-refractivity contribution in [3.8, 4) is 5.75 Å². The number of ether oxygens (including phenoxy) is 1. The fourth-order valence-corrected chi connectivity index (χ4v) is 6.00. The van der Waals surface area contributed by atoms with Crippen LogP contribution in [0.1, 0.15) is 16.8 Å². The number of carbonyl (C=O) groups is 2. The molecule has 5 aromatic rings. The van der Waals surface area contributed by atoms with Crippen molar-refractivity contribution < 1.29 is 27.1 Å². The summed E-state index contributed by atoms with van der Waals surface area (Å²) in [6.07, 6.45) is 1.88. The number of hydrogen-bond donors (Lipinski definition) is 2. The molecule has 0 aliphatic rings. The van der Waals surface area contributed by atoms with Crippen molar-refractivity contribution in [3.63, 3.8) is 0 Å². The molecule has 1 aromatic heterocycles. The van der Waals surface area contributed by atoms with Gasteiger partial charge in [0, 0.05) is 29.9 Å². The molecule has 0 fully saturated rings. The molecule has 0 saturated carbocycles. The molecule has 1 heterocycles. The maximum absolute atomic E-state index is 13.9. The van der Waals surface area contributed by atoms with E-state index in [4.69, 9.17) is 16.3 Å². The SMILES string of the molecule is O=C(NCc1ccccn1)[C@@H](Cc1ccccc1)N(Cc1ccc(Cl)cc1)C(=O)COc1ccc(S(=O)(=O)Nc2ccc(F)cc2)cc1. The summed E-state index contributed by atoms with van der Waals surface area (Å²) in [4.78, 5) is 33.4. The molecule has 2 amide bonds. The number of halogens is 2. The largest absolute Gasteiger partial charge is 0.484 e. The maximum atomic E-state index is 13.9. The highest BCUT2D eigenvalue weighted by atomic mass is 35.5. The van der Waals surface area contributed by atoms with Crippen molar-refractivity contribution in [2.24, 2.45) is 0 Å². The second-order valence-electron chi connectivity index (χ2n) is 10.8. The van der Waals surface area contributed by atoms with Crippen molar-refractivity contribution >= 4 is 39.1 Å². The maximum Gasteiger partial charge on any atom is 0.261 e. The number of pyridine rings is 1. The Bertz CT molecular complexity index is 1910. The van der Waals surface area contributed by atoms with Gasteiger partial charge < -0.3 is 15.0 Å². The standard InChI is InChI=1S/C36H32ClFN4O5S/c37-28-11-9-27(10-12-28)24-42(34(22-26-6-2-1-3-7-26)36(44)40-23-31-8-4-5-21-39-31)35(43)25-47-32-17-19-33(20-18-32)48(45,46)41-30-15-13-29(38)14-16-30/h1-21,34,41H,22-25H2,(H,40,44)/t34-/m1/s1. The van der Waals surface area contributed by atoms with Gasteiger partial charge in [-0.15, -0.1) is 0 Å². The number of hydrogen-bond acceptors (Lipinski definition) is 6. The van der Waals surface area contributed by atoms with Gasteiger partial charge in [-0.3, -0.25) is 19.3 Å². The second kappa shape index (κ2) is 16.0. The molecule has 0 saturated heterocycles. The highest BCUT2D eigenvalue weighted by Crippen LogP contribution is 2.21. The van der Waals surface area contributed by atoms with Gasteiger partial charge in [0.15, 0.2) is 6.61 Å². The Labute approximate surface area is 283 Å². The highest BCUT2D eigenvalue weighted by molar-refractivity contribution is 7.92. The van der Waals surface area contributed by atoms with Gasteiger partial charge in [0.25, 0.3) is 15.9 Å². The van der Waals surface area contributed by atoms with Crippen molar-refractivity contribution in [2.45, 2.75) is 30.4 Å². The van der Waals surface area contributed by atoms with E-state index < -0.39 is 34.4 Å². The normalized spacial score (nSPS) is 11.7. The summed E-state index contributed by atoms with van der Waals surface area (Å²) >= 11 is 6.11. The van der Waals surface area contributed by atoms with Gasteiger partial charge in [-0.05, 0) is 83.9 Å². The molecule has 0 unspecified atom stereocenters. The quantitative estimate of drug-likeness (QED) is 0.148. The van der Waals surface area contributed by atoms with Crippen LogP contribution < -0.4 is 14.8 Å². The van der Waals surface area contributed by atoms with E-state index in [1.54, 1.807) is 42.6 Å². The van der Waals surface area contributed by atoms with E-state index in [1.165, 1.54) is 41.3 Å². The average molecular weight is 687 g/mol. The van der Waals surface area contributed by atoms with Crippen LogP contribution in [0.25, 0.3) is 0 Å².